The van der Waals surface area contributed by atoms with Crippen molar-refractivity contribution in [2.75, 3.05) is 18.0 Å². The van der Waals surface area contributed by atoms with Gasteiger partial charge in [0.1, 0.15) is 0 Å². The summed E-state index contributed by atoms with van der Waals surface area (Å²) in [4.78, 5) is 41.8. The molecule has 2 fully saturated rings. The lowest BCUT2D eigenvalue weighted by Gasteiger charge is -2.30. The lowest BCUT2D eigenvalue weighted by Crippen LogP contribution is -2.38. The molecular formula is C22H26N2O3. The molecule has 0 N–H and O–H groups in total. The van der Waals surface area contributed by atoms with E-state index in [0.29, 0.717) is 30.0 Å². The van der Waals surface area contributed by atoms with E-state index in [4.69, 9.17) is 0 Å². The van der Waals surface area contributed by atoms with Gasteiger partial charge in [-0.15, -0.1) is 0 Å². The van der Waals surface area contributed by atoms with Gasteiger partial charge in [-0.3, -0.25) is 19.3 Å². The second kappa shape index (κ2) is 6.95. The molecule has 1 aromatic carbocycles. The van der Waals surface area contributed by atoms with E-state index < -0.39 is 0 Å². The lowest BCUT2D eigenvalue weighted by atomic mass is 9.82. The van der Waals surface area contributed by atoms with Crippen LogP contribution in [0.3, 0.4) is 0 Å². The van der Waals surface area contributed by atoms with E-state index in [1.165, 1.54) is 10.5 Å². The fourth-order valence-corrected chi connectivity index (χ4v) is 4.46. The van der Waals surface area contributed by atoms with Crippen LogP contribution in [-0.2, 0) is 9.59 Å². The van der Waals surface area contributed by atoms with Crippen LogP contribution < -0.4 is 4.90 Å². The highest BCUT2D eigenvalue weighted by atomic mass is 16.2. The van der Waals surface area contributed by atoms with Crippen LogP contribution >= 0.6 is 0 Å². The van der Waals surface area contributed by atoms with Gasteiger partial charge in [0.2, 0.25) is 11.8 Å². The normalized spacial score (nSPS) is 26.2. The highest BCUT2D eigenvalue weighted by Crippen LogP contribution is 2.39. The fourth-order valence-electron chi connectivity index (χ4n) is 4.46. The minimum atomic E-state index is -0.260. The maximum atomic E-state index is 12.9. The maximum Gasteiger partial charge on any atom is 0.253 e. The van der Waals surface area contributed by atoms with Gasteiger partial charge in [-0.1, -0.05) is 24.6 Å². The molecule has 3 aliphatic rings. The van der Waals surface area contributed by atoms with E-state index in [1.54, 1.807) is 24.3 Å². The molecule has 4 rings (SSSR count). The van der Waals surface area contributed by atoms with Crippen LogP contribution in [0.5, 0.6) is 0 Å². The first kappa shape index (κ1) is 18.0. The number of imide groups is 1. The van der Waals surface area contributed by atoms with E-state index in [9.17, 15) is 14.4 Å². The topological polar surface area (TPSA) is 57.7 Å². The first-order valence-electron chi connectivity index (χ1n) is 9.88. The molecule has 0 bridgehead atoms. The summed E-state index contributed by atoms with van der Waals surface area (Å²) in [5.74, 6) is -0.146. The van der Waals surface area contributed by atoms with E-state index in [0.717, 1.165) is 25.9 Å². The number of rotatable bonds is 2. The summed E-state index contributed by atoms with van der Waals surface area (Å²) in [7, 11) is 0. The van der Waals surface area contributed by atoms with Crippen LogP contribution in [0, 0.1) is 17.8 Å². The number of benzene rings is 1. The molecule has 1 aromatic rings. The Morgan fingerprint density at radius 3 is 2.52 bits per heavy atom. The van der Waals surface area contributed by atoms with Gasteiger partial charge in [0, 0.05) is 18.7 Å². The predicted molar refractivity (Wildman–Crippen MR) is 103 cm³/mol. The molecule has 2 atom stereocenters. The maximum absolute atomic E-state index is 12.9. The summed E-state index contributed by atoms with van der Waals surface area (Å²) in [6.45, 7) is 5.75. The van der Waals surface area contributed by atoms with Crippen molar-refractivity contribution in [1.29, 1.82) is 0 Å². The molecule has 0 unspecified atom stereocenters. The van der Waals surface area contributed by atoms with Gasteiger partial charge in [0.05, 0.1) is 17.5 Å². The van der Waals surface area contributed by atoms with Crippen LogP contribution in [0.2, 0.25) is 0 Å². The van der Waals surface area contributed by atoms with Crippen molar-refractivity contribution in [3.63, 3.8) is 0 Å². The number of fused-ring (bicyclic) bond motifs is 1. The largest absolute Gasteiger partial charge is 0.339 e. The first-order valence-corrected chi connectivity index (χ1v) is 9.88. The van der Waals surface area contributed by atoms with Crippen molar-refractivity contribution in [3.8, 4) is 0 Å². The predicted octanol–water partition coefficient (Wildman–Crippen LogP) is 3.40. The van der Waals surface area contributed by atoms with Gasteiger partial charge in [-0.05, 0) is 56.7 Å². The van der Waals surface area contributed by atoms with Crippen molar-refractivity contribution in [2.45, 2.75) is 39.5 Å². The van der Waals surface area contributed by atoms with Crippen molar-refractivity contribution in [3.05, 3.63) is 41.5 Å². The van der Waals surface area contributed by atoms with Gasteiger partial charge in [-0.2, -0.15) is 0 Å². The van der Waals surface area contributed by atoms with Gasteiger partial charge < -0.3 is 4.90 Å². The lowest BCUT2D eigenvalue weighted by molar-refractivity contribution is -0.122. The van der Waals surface area contributed by atoms with E-state index >= 15 is 0 Å². The molecule has 27 heavy (non-hydrogen) atoms. The van der Waals surface area contributed by atoms with E-state index in [2.05, 4.69) is 13.0 Å². The molecule has 0 aromatic heterocycles. The molecule has 0 radical (unpaired) electrons. The molecule has 1 aliphatic carbocycles. The molecule has 2 saturated heterocycles. The Balaban J connectivity index is 1.57. The van der Waals surface area contributed by atoms with Crippen molar-refractivity contribution < 1.29 is 14.4 Å². The minimum absolute atomic E-state index is 0.0160. The number of anilines is 1. The van der Waals surface area contributed by atoms with Gasteiger partial charge in [-0.25, -0.2) is 0 Å². The number of hydrogen-bond acceptors (Lipinski definition) is 3. The Labute approximate surface area is 160 Å². The smallest absolute Gasteiger partial charge is 0.253 e. The zero-order chi connectivity index (χ0) is 19.1. The number of carbonyl (C=O) groups is 3. The van der Waals surface area contributed by atoms with Crippen LogP contribution in [0.1, 0.15) is 49.9 Å². The molecule has 2 heterocycles. The number of allylic oxidation sites excluding steroid dienone is 2. The second-order valence-electron chi connectivity index (χ2n) is 8.24. The van der Waals surface area contributed by atoms with Crippen molar-refractivity contribution in [2.24, 2.45) is 17.8 Å². The van der Waals surface area contributed by atoms with Crippen LogP contribution in [0.25, 0.3) is 0 Å². The third-order valence-corrected chi connectivity index (χ3v) is 6.25. The quantitative estimate of drug-likeness (QED) is 0.595. The molecule has 5 heteroatoms. The highest BCUT2D eigenvalue weighted by Gasteiger charge is 2.48. The van der Waals surface area contributed by atoms with E-state index in [1.807, 2.05) is 11.8 Å². The Kier molecular flexibility index (Phi) is 4.62. The zero-order valence-electron chi connectivity index (χ0n) is 16.0. The second-order valence-corrected chi connectivity index (χ2v) is 8.24. The average Bonchev–Trinajstić information content (AvgIpc) is 2.92. The van der Waals surface area contributed by atoms with Crippen molar-refractivity contribution >= 4 is 23.4 Å². The molecule has 0 saturated carbocycles. The van der Waals surface area contributed by atoms with Crippen LogP contribution in [0.15, 0.2) is 35.9 Å². The van der Waals surface area contributed by atoms with Gasteiger partial charge in [0.15, 0.2) is 0 Å². The molecule has 5 nitrogen and oxygen atoms in total. The van der Waals surface area contributed by atoms with Crippen LogP contribution in [-0.4, -0.2) is 35.7 Å². The van der Waals surface area contributed by atoms with Crippen LogP contribution in [0.4, 0.5) is 5.69 Å². The Morgan fingerprint density at radius 1 is 1.07 bits per heavy atom. The Hall–Kier alpha value is -2.43. The van der Waals surface area contributed by atoms with Gasteiger partial charge >= 0.3 is 0 Å². The number of piperidine rings is 1. The number of hydrogen-bond donors (Lipinski definition) is 0. The SMILES string of the molecule is CC1=CC[C@H]2C(=O)N(c3cccc(C(=O)N4CCC(C)CC4)c3)C(=O)[C@@H]2C1. The third kappa shape index (κ3) is 3.20. The summed E-state index contributed by atoms with van der Waals surface area (Å²) >= 11 is 0. The number of nitrogens with zero attached hydrogens (tertiary/aromatic N) is 2. The molecular weight excluding hydrogens is 340 g/mol. The number of carbonyl (C=O) groups excluding carboxylic acids is 3. The summed E-state index contributed by atoms with van der Waals surface area (Å²) in [5.41, 5.74) is 2.24. The Morgan fingerprint density at radius 2 is 1.78 bits per heavy atom. The van der Waals surface area contributed by atoms with Crippen molar-refractivity contribution in [1.82, 2.24) is 4.90 Å². The Bertz CT molecular complexity index is 821. The average molecular weight is 366 g/mol. The van der Waals surface area contributed by atoms with Gasteiger partial charge in [0.25, 0.3) is 5.91 Å². The summed E-state index contributed by atoms with van der Waals surface area (Å²) in [5, 5.41) is 0. The summed E-state index contributed by atoms with van der Waals surface area (Å²) in [6, 6.07) is 6.99. The fraction of sp³-hybridized carbons (Fsp3) is 0.500. The first-order chi connectivity index (χ1) is 13.0. The molecule has 3 amide bonds. The summed E-state index contributed by atoms with van der Waals surface area (Å²) < 4.78 is 0. The standard InChI is InChI=1S/C22H26N2O3/c1-14-8-10-23(11-9-14)20(25)16-4-3-5-17(13-16)24-21(26)18-7-6-15(2)12-19(18)22(24)27/h3-6,13-14,18-19H,7-12H2,1-2H3/t18-,19-/m1/s1. The molecule has 142 valence electrons. The molecule has 2 aliphatic heterocycles. The number of amides is 3. The summed E-state index contributed by atoms with van der Waals surface area (Å²) in [6.07, 6.45) is 5.38. The number of likely N-dealkylation sites (tertiary alicyclic amines) is 1. The minimum Gasteiger partial charge on any atom is -0.339 e. The monoisotopic (exact) mass is 366 g/mol. The highest BCUT2D eigenvalue weighted by molar-refractivity contribution is 6.22. The molecule has 0 spiro atoms. The third-order valence-electron chi connectivity index (χ3n) is 6.25. The zero-order valence-corrected chi connectivity index (χ0v) is 16.0. The van der Waals surface area contributed by atoms with E-state index in [-0.39, 0.29) is 29.6 Å².